The average molecular weight is 412 g/mol. The van der Waals surface area contributed by atoms with Crippen LogP contribution in [0, 0.1) is 5.92 Å². The van der Waals surface area contributed by atoms with Gasteiger partial charge in [-0.25, -0.2) is 0 Å². The number of nitrogens with zero attached hydrogens (tertiary/aromatic N) is 2. The number of methoxy groups -OCH3 is 1. The van der Waals surface area contributed by atoms with E-state index < -0.39 is 0 Å². The lowest BCUT2D eigenvalue weighted by Gasteiger charge is -2.49. The van der Waals surface area contributed by atoms with Crippen molar-refractivity contribution < 1.29 is 9.53 Å². The van der Waals surface area contributed by atoms with E-state index in [1.54, 1.807) is 13.2 Å². The maximum atomic E-state index is 13.0. The molecule has 5 nitrogen and oxygen atoms in total. The molecule has 0 saturated carbocycles. The van der Waals surface area contributed by atoms with Crippen LogP contribution < -0.4 is 19.9 Å². The summed E-state index contributed by atoms with van der Waals surface area (Å²) in [6, 6.07) is 14.2. The summed E-state index contributed by atoms with van der Waals surface area (Å²) in [4.78, 5) is 17.7. The molecule has 2 atom stereocenters. The highest BCUT2D eigenvalue weighted by molar-refractivity contribution is 6.30. The summed E-state index contributed by atoms with van der Waals surface area (Å²) in [5.41, 5.74) is 3.45. The van der Waals surface area contributed by atoms with Gasteiger partial charge in [-0.3, -0.25) is 4.79 Å². The minimum Gasteiger partial charge on any atom is -0.495 e. The van der Waals surface area contributed by atoms with Gasteiger partial charge in [0.05, 0.1) is 24.8 Å². The highest BCUT2D eigenvalue weighted by Crippen LogP contribution is 2.39. The third-order valence-corrected chi connectivity index (χ3v) is 6.10. The third kappa shape index (κ3) is 3.79. The Balaban J connectivity index is 1.67. The standard InChI is InChI=1S/C23H26ClN3O2/c1-3-10-25-23(28)18-13-16-6-4-5-7-19(16)27-12-11-26(15-21(18)27)20-14-17(24)8-9-22(20)29-2/h3-9,14,18,21H,1,10-13,15H2,2H3,(H,25,28). The van der Waals surface area contributed by atoms with Crippen LogP contribution >= 0.6 is 11.6 Å². The van der Waals surface area contributed by atoms with Gasteiger partial charge in [0, 0.05) is 36.9 Å². The number of carbonyl (C=O) groups excluding carboxylic acids is 1. The van der Waals surface area contributed by atoms with Crippen LogP contribution in [0.2, 0.25) is 5.02 Å². The number of anilines is 2. The molecule has 2 heterocycles. The molecule has 1 fully saturated rings. The number of para-hydroxylation sites is 1. The predicted molar refractivity (Wildman–Crippen MR) is 118 cm³/mol. The van der Waals surface area contributed by atoms with E-state index in [1.165, 1.54) is 11.3 Å². The van der Waals surface area contributed by atoms with Crippen molar-refractivity contribution in [2.75, 3.05) is 43.1 Å². The molecule has 1 amide bonds. The second-order valence-electron chi connectivity index (χ2n) is 7.50. The quantitative estimate of drug-likeness (QED) is 0.764. The smallest absolute Gasteiger partial charge is 0.225 e. The first-order valence-corrected chi connectivity index (χ1v) is 10.3. The van der Waals surface area contributed by atoms with Gasteiger partial charge in [-0.05, 0) is 36.2 Å². The monoisotopic (exact) mass is 411 g/mol. The van der Waals surface area contributed by atoms with Crippen LogP contribution in [0.5, 0.6) is 5.75 Å². The first-order valence-electron chi connectivity index (χ1n) is 9.94. The van der Waals surface area contributed by atoms with Gasteiger partial charge < -0.3 is 19.9 Å². The molecule has 4 rings (SSSR count). The zero-order valence-electron chi connectivity index (χ0n) is 16.6. The lowest BCUT2D eigenvalue weighted by molar-refractivity contribution is -0.125. The van der Waals surface area contributed by atoms with Crippen LogP contribution in [0.15, 0.2) is 55.1 Å². The van der Waals surface area contributed by atoms with Crippen LogP contribution in [0.4, 0.5) is 11.4 Å². The Kier molecular flexibility index (Phi) is 5.67. The number of amides is 1. The van der Waals surface area contributed by atoms with E-state index in [0.717, 1.165) is 37.5 Å². The van der Waals surface area contributed by atoms with E-state index in [4.69, 9.17) is 16.3 Å². The molecule has 2 aromatic carbocycles. The number of piperazine rings is 1. The Bertz CT molecular complexity index is 917. The highest BCUT2D eigenvalue weighted by Gasteiger charge is 2.41. The Morgan fingerprint density at radius 3 is 2.90 bits per heavy atom. The zero-order valence-corrected chi connectivity index (χ0v) is 17.4. The summed E-state index contributed by atoms with van der Waals surface area (Å²) in [7, 11) is 1.67. The van der Waals surface area contributed by atoms with Crippen molar-refractivity contribution in [2.24, 2.45) is 5.92 Å². The summed E-state index contributed by atoms with van der Waals surface area (Å²) in [5.74, 6) is 0.749. The van der Waals surface area contributed by atoms with Gasteiger partial charge in [0.15, 0.2) is 0 Å². The van der Waals surface area contributed by atoms with E-state index in [2.05, 4.69) is 39.9 Å². The molecular formula is C23H26ClN3O2. The number of fused-ring (bicyclic) bond motifs is 3. The molecule has 2 aliphatic heterocycles. The van der Waals surface area contributed by atoms with E-state index in [-0.39, 0.29) is 17.9 Å². The van der Waals surface area contributed by atoms with Crippen molar-refractivity contribution in [3.8, 4) is 5.75 Å². The molecule has 2 unspecified atom stereocenters. The van der Waals surface area contributed by atoms with Crippen molar-refractivity contribution in [3.05, 3.63) is 65.7 Å². The Morgan fingerprint density at radius 2 is 2.10 bits per heavy atom. The Morgan fingerprint density at radius 1 is 1.28 bits per heavy atom. The molecule has 1 saturated heterocycles. The number of hydrogen-bond donors (Lipinski definition) is 1. The number of ether oxygens (including phenoxy) is 1. The van der Waals surface area contributed by atoms with Gasteiger partial charge in [0.25, 0.3) is 0 Å². The van der Waals surface area contributed by atoms with Gasteiger partial charge in [-0.2, -0.15) is 0 Å². The molecule has 2 aliphatic rings. The molecule has 0 aromatic heterocycles. The second kappa shape index (κ2) is 8.37. The average Bonchev–Trinajstić information content (AvgIpc) is 2.76. The maximum Gasteiger partial charge on any atom is 0.225 e. The number of nitrogens with one attached hydrogen (secondary N) is 1. The lowest BCUT2D eigenvalue weighted by Crippen LogP contribution is -2.61. The second-order valence-corrected chi connectivity index (χ2v) is 7.93. The van der Waals surface area contributed by atoms with Crippen LogP contribution in [0.1, 0.15) is 5.56 Å². The van der Waals surface area contributed by atoms with Crippen LogP contribution in [-0.2, 0) is 11.2 Å². The van der Waals surface area contributed by atoms with Gasteiger partial charge >= 0.3 is 0 Å². The largest absolute Gasteiger partial charge is 0.495 e. The Hall–Kier alpha value is -2.66. The molecule has 0 aliphatic carbocycles. The predicted octanol–water partition coefficient (Wildman–Crippen LogP) is 3.52. The summed E-state index contributed by atoms with van der Waals surface area (Å²) in [6.07, 6.45) is 2.46. The van der Waals surface area contributed by atoms with Gasteiger partial charge in [-0.1, -0.05) is 35.9 Å². The van der Waals surface area contributed by atoms with E-state index in [0.29, 0.717) is 11.6 Å². The molecule has 6 heteroatoms. The Labute approximate surface area is 176 Å². The minimum atomic E-state index is -0.127. The summed E-state index contributed by atoms with van der Waals surface area (Å²) in [6.45, 7) is 6.60. The fourth-order valence-electron chi connectivity index (χ4n) is 4.49. The normalized spacial score (nSPS) is 20.5. The summed E-state index contributed by atoms with van der Waals surface area (Å²) < 4.78 is 5.57. The van der Waals surface area contributed by atoms with E-state index in [1.807, 2.05) is 24.3 Å². The SMILES string of the molecule is C=CCNC(=O)C1Cc2ccccc2N2CCN(c3cc(Cl)ccc3OC)CC12. The first kappa shape index (κ1) is 19.6. The number of hydrogen-bond acceptors (Lipinski definition) is 4. The first-order chi connectivity index (χ1) is 14.1. The fraction of sp³-hybridized carbons (Fsp3) is 0.348. The number of rotatable bonds is 5. The van der Waals surface area contributed by atoms with Crippen molar-refractivity contribution in [2.45, 2.75) is 12.5 Å². The van der Waals surface area contributed by atoms with Crippen LogP contribution in [-0.4, -0.2) is 45.2 Å². The number of halogens is 1. The fourth-order valence-corrected chi connectivity index (χ4v) is 4.66. The van der Waals surface area contributed by atoms with Crippen LogP contribution in [0.25, 0.3) is 0 Å². The molecule has 152 valence electrons. The number of benzene rings is 2. The van der Waals surface area contributed by atoms with Crippen molar-refractivity contribution in [1.29, 1.82) is 0 Å². The van der Waals surface area contributed by atoms with Gasteiger partial charge in [0.2, 0.25) is 5.91 Å². The van der Waals surface area contributed by atoms with Crippen molar-refractivity contribution in [1.82, 2.24) is 5.32 Å². The molecule has 0 spiro atoms. The van der Waals surface area contributed by atoms with Crippen LogP contribution in [0.3, 0.4) is 0 Å². The zero-order chi connectivity index (χ0) is 20.4. The van der Waals surface area contributed by atoms with Crippen molar-refractivity contribution in [3.63, 3.8) is 0 Å². The molecule has 1 N–H and O–H groups in total. The topological polar surface area (TPSA) is 44.8 Å². The molecule has 0 radical (unpaired) electrons. The van der Waals surface area contributed by atoms with E-state index >= 15 is 0 Å². The maximum absolute atomic E-state index is 13.0. The molecule has 29 heavy (non-hydrogen) atoms. The van der Waals surface area contributed by atoms with Gasteiger partial charge in [0.1, 0.15) is 5.75 Å². The molecule has 0 bridgehead atoms. The third-order valence-electron chi connectivity index (χ3n) is 5.86. The van der Waals surface area contributed by atoms with Gasteiger partial charge in [-0.15, -0.1) is 6.58 Å². The lowest BCUT2D eigenvalue weighted by atomic mass is 9.83. The molecular weight excluding hydrogens is 386 g/mol. The minimum absolute atomic E-state index is 0.0761. The summed E-state index contributed by atoms with van der Waals surface area (Å²) >= 11 is 6.27. The summed E-state index contributed by atoms with van der Waals surface area (Å²) in [5, 5.41) is 3.68. The highest BCUT2D eigenvalue weighted by atomic mass is 35.5. The number of carbonyl (C=O) groups is 1. The molecule has 2 aromatic rings. The van der Waals surface area contributed by atoms with Crippen molar-refractivity contribution >= 4 is 28.9 Å². The van der Waals surface area contributed by atoms with E-state index in [9.17, 15) is 4.79 Å².